The van der Waals surface area contributed by atoms with Gasteiger partial charge >= 0.3 is 5.97 Å². The van der Waals surface area contributed by atoms with E-state index < -0.39 is 6.10 Å². The molecule has 0 N–H and O–H groups in total. The van der Waals surface area contributed by atoms with E-state index in [0.717, 1.165) is 11.1 Å². The third-order valence-corrected chi connectivity index (χ3v) is 3.97. The Bertz CT molecular complexity index is 636. The van der Waals surface area contributed by atoms with E-state index in [0.29, 0.717) is 19.0 Å². The van der Waals surface area contributed by atoms with Crippen LogP contribution in [-0.2, 0) is 14.3 Å². The molecule has 0 saturated carbocycles. The number of para-hydroxylation sites is 2. The minimum Gasteiger partial charge on any atom is -0.467 e. The average molecular weight is 304 g/mol. The van der Waals surface area contributed by atoms with Crippen LogP contribution in [0.15, 0.2) is 28.7 Å². The monoisotopic (exact) mass is 304 g/mol. The van der Waals surface area contributed by atoms with Crippen molar-refractivity contribution in [2.75, 3.05) is 20.2 Å². The van der Waals surface area contributed by atoms with Crippen LogP contribution in [0.3, 0.4) is 0 Å². The first-order valence-electron chi connectivity index (χ1n) is 7.41. The van der Waals surface area contributed by atoms with E-state index in [9.17, 15) is 4.79 Å². The lowest BCUT2D eigenvalue weighted by Crippen LogP contribution is -2.50. The molecule has 3 rings (SSSR count). The predicted octanol–water partition coefficient (Wildman–Crippen LogP) is 2.15. The molecule has 118 valence electrons. The van der Waals surface area contributed by atoms with E-state index >= 15 is 0 Å². The Kier molecular flexibility index (Phi) is 4.13. The third-order valence-electron chi connectivity index (χ3n) is 3.97. The molecule has 2 aromatic rings. The third kappa shape index (κ3) is 2.84. The molecule has 1 aromatic carbocycles. The predicted molar refractivity (Wildman–Crippen MR) is 80.3 cm³/mol. The van der Waals surface area contributed by atoms with Gasteiger partial charge in [-0.05, 0) is 26.0 Å². The topological polar surface area (TPSA) is 64.8 Å². The zero-order chi connectivity index (χ0) is 15.7. The molecular weight excluding hydrogens is 284 g/mol. The number of hydrogen-bond acceptors (Lipinski definition) is 6. The quantitative estimate of drug-likeness (QED) is 0.810. The van der Waals surface area contributed by atoms with Crippen LogP contribution in [0.4, 0.5) is 0 Å². The summed E-state index contributed by atoms with van der Waals surface area (Å²) in [5.41, 5.74) is 1.62. The molecule has 0 aliphatic carbocycles. The second kappa shape index (κ2) is 6.06. The summed E-state index contributed by atoms with van der Waals surface area (Å²) in [6.45, 7) is 5.16. The highest BCUT2D eigenvalue weighted by atomic mass is 16.6. The molecule has 1 aliphatic rings. The number of ether oxygens (including phenoxy) is 2. The molecule has 0 bridgehead atoms. The molecule has 1 aliphatic heterocycles. The molecule has 1 saturated heterocycles. The van der Waals surface area contributed by atoms with Crippen LogP contribution in [0.2, 0.25) is 0 Å². The standard InChI is InChI=1S/C16H20N2O4/c1-10-8-18(9-14(21-10)16(19)20-3)11(2)15-17-12-6-4-5-7-13(12)22-15/h4-7,10-11,14H,8-9H2,1-3H3/t10-,11+,14+/m1/s1. The van der Waals surface area contributed by atoms with Gasteiger partial charge in [0.1, 0.15) is 5.52 Å². The Labute approximate surface area is 129 Å². The fourth-order valence-electron chi connectivity index (χ4n) is 2.79. The number of hydrogen-bond donors (Lipinski definition) is 0. The molecule has 2 heterocycles. The molecule has 0 spiro atoms. The number of esters is 1. The SMILES string of the molecule is COC(=O)[C@@H]1CN([C@@H](C)c2nc3ccccc3o2)C[C@@H](C)O1. The molecular formula is C16H20N2O4. The van der Waals surface area contributed by atoms with Crippen molar-refractivity contribution in [3.05, 3.63) is 30.2 Å². The largest absolute Gasteiger partial charge is 0.467 e. The number of oxazole rings is 1. The zero-order valence-electron chi connectivity index (χ0n) is 13.0. The van der Waals surface area contributed by atoms with Crippen molar-refractivity contribution in [2.24, 2.45) is 0 Å². The summed E-state index contributed by atoms with van der Waals surface area (Å²) in [7, 11) is 1.37. The van der Waals surface area contributed by atoms with E-state index in [-0.39, 0.29) is 18.1 Å². The molecule has 6 heteroatoms. The van der Waals surface area contributed by atoms with E-state index in [1.807, 2.05) is 38.1 Å². The summed E-state index contributed by atoms with van der Waals surface area (Å²) in [6, 6.07) is 7.65. The van der Waals surface area contributed by atoms with Gasteiger partial charge in [0, 0.05) is 13.1 Å². The molecule has 0 amide bonds. The second-order valence-corrected chi connectivity index (χ2v) is 5.61. The number of aromatic nitrogens is 1. The molecule has 22 heavy (non-hydrogen) atoms. The normalized spacial score (nSPS) is 24.3. The van der Waals surface area contributed by atoms with Crippen LogP contribution in [0.1, 0.15) is 25.8 Å². The highest BCUT2D eigenvalue weighted by Crippen LogP contribution is 2.27. The van der Waals surface area contributed by atoms with Gasteiger partial charge in [-0.3, -0.25) is 4.90 Å². The fraction of sp³-hybridized carbons (Fsp3) is 0.500. The first kappa shape index (κ1) is 15.0. The lowest BCUT2D eigenvalue weighted by molar-refractivity contribution is -0.168. The lowest BCUT2D eigenvalue weighted by atomic mass is 10.1. The van der Waals surface area contributed by atoms with Crippen LogP contribution in [-0.4, -0.2) is 48.3 Å². The number of methoxy groups -OCH3 is 1. The first-order chi connectivity index (χ1) is 10.6. The van der Waals surface area contributed by atoms with Gasteiger partial charge in [0.05, 0.1) is 19.3 Å². The summed E-state index contributed by atoms with van der Waals surface area (Å²) < 4.78 is 16.3. The Morgan fingerprint density at radius 3 is 2.91 bits per heavy atom. The van der Waals surface area contributed by atoms with Gasteiger partial charge in [-0.25, -0.2) is 9.78 Å². The van der Waals surface area contributed by atoms with Gasteiger partial charge < -0.3 is 13.9 Å². The maximum Gasteiger partial charge on any atom is 0.336 e. The highest BCUT2D eigenvalue weighted by molar-refractivity contribution is 5.75. The van der Waals surface area contributed by atoms with Crippen molar-refractivity contribution < 1.29 is 18.7 Å². The molecule has 1 fully saturated rings. The number of rotatable bonds is 3. The minimum atomic E-state index is -0.569. The second-order valence-electron chi connectivity index (χ2n) is 5.61. The summed E-state index contributed by atoms with van der Waals surface area (Å²) in [5, 5.41) is 0. The van der Waals surface area contributed by atoms with Gasteiger partial charge in [0.25, 0.3) is 0 Å². The minimum absolute atomic E-state index is 0.0362. The van der Waals surface area contributed by atoms with Crippen LogP contribution < -0.4 is 0 Å². The molecule has 0 radical (unpaired) electrons. The van der Waals surface area contributed by atoms with Crippen LogP contribution in [0.25, 0.3) is 11.1 Å². The smallest absolute Gasteiger partial charge is 0.336 e. The van der Waals surface area contributed by atoms with Gasteiger partial charge in [-0.15, -0.1) is 0 Å². The van der Waals surface area contributed by atoms with Gasteiger partial charge in [-0.2, -0.15) is 0 Å². The van der Waals surface area contributed by atoms with Crippen molar-refractivity contribution in [2.45, 2.75) is 32.1 Å². The van der Waals surface area contributed by atoms with Crippen molar-refractivity contribution in [3.8, 4) is 0 Å². The van der Waals surface area contributed by atoms with Gasteiger partial charge in [0.2, 0.25) is 5.89 Å². The summed E-state index contributed by atoms with van der Waals surface area (Å²) in [5.74, 6) is 0.306. The van der Waals surface area contributed by atoms with Gasteiger partial charge in [-0.1, -0.05) is 12.1 Å². The van der Waals surface area contributed by atoms with Crippen molar-refractivity contribution in [3.63, 3.8) is 0 Å². The van der Waals surface area contributed by atoms with Crippen molar-refractivity contribution in [1.29, 1.82) is 0 Å². The number of carbonyl (C=O) groups is 1. The molecule has 0 unspecified atom stereocenters. The number of morpholine rings is 1. The van der Waals surface area contributed by atoms with Crippen molar-refractivity contribution >= 4 is 17.1 Å². The molecule has 3 atom stereocenters. The lowest BCUT2D eigenvalue weighted by Gasteiger charge is -2.37. The Balaban J connectivity index is 1.80. The Hall–Kier alpha value is -1.92. The highest BCUT2D eigenvalue weighted by Gasteiger charge is 2.34. The number of benzene rings is 1. The zero-order valence-corrected chi connectivity index (χ0v) is 13.0. The maximum absolute atomic E-state index is 11.7. The van der Waals surface area contributed by atoms with E-state index in [2.05, 4.69) is 9.88 Å². The number of nitrogens with zero attached hydrogens (tertiary/aromatic N) is 2. The number of carbonyl (C=O) groups excluding carboxylic acids is 1. The maximum atomic E-state index is 11.7. The Morgan fingerprint density at radius 2 is 2.18 bits per heavy atom. The van der Waals surface area contributed by atoms with E-state index in [4.69, 9.17) is 13.9 Å². The van der Waals surface area contributed by atoms with Crippen LogP contribution >= 0.6 is 0 Å². The number of fused-ring (bicyclic) bond motifs is 1. The van der Waals surface area contributed by atoms with Crippen molar-refractivity contribution in [1.82, 2.24) is 9.88 Å². The van der Waals surface area contributed by atoms with E-state index in [1.54, 1.807) is 0 Å². The summed E-state index contributed by atoms with van der Waals surface area (Å²) in [6.07, 6.45) is -0.620. The summed E-state index contributed by atoms with van der Waals surface area (Å²) in [4.78, 5) is 18.4. The average Bonchev–Trinajstić information content (AvgIpc) is 2.96. The molecule has 1 aromatic heterocycles. The Morgan fingerprint density at radius 1 is 1.41 bits per heavy atom. The van der Waals surface area contributed by atoms with Crippen LogP contribution in [0.5, 0.6) is 0 Å². The van der Waals surface area contributed by atoms with Crippen LogP contribution in [0, 0.1) is 0 Å². The first-order valence-corrected chi connectivity index (χ1v) is 7.41. The molecule has 6 nitrogen and oxygen atoms in total. The summed E-state index contributed by atoms with van der Waals surface area (Å²) >= 11 is 0. The fourth-order valence-corrected chi connectivity index (χ4v) is 2.79. The van der Waals surface area contributed by atoms with Gasteiger partial charge in [0.15, 0.2) is 11.7 Å². The van der Waals surface area contributed by atoms with E-state index in [1.165, 1.54) is 7.11 Å².